The molecule has 0 fully saturated rings. The molecule has 2 heterocycles. The molecule has 6 nitrogen and oxygen atoms in total. The van der Waals surface area contributed by atoms with E-state index in [4.69, 9.17) is 5.73 Å². The van der Waals surface area contributed by atoms with Crippen molar-refractivity contribution in [2.75, 3.05) is 12.0 Å². The second kappa shape index (κ2) is 6.00. The molecule has 26 heavy (non-hydrogen) atoms. The van der Waals surface area contributed by atoms with E-state index in [2.05, 4.69) is 10.1 Å². The molecule has 0 bridgehead atoms. The summed E-state index contributed by atoms with van der Waals surface area (Å²) < 4.78 is 28.2. The van der Waals surface area contributed by atoms with Gasteiger partial charge in [0.1, 0.15) is 10.8 Å². The summed E-state index contributed by atoms with van der Waals surface area (Å²) in [6.45, 7) is 1.77. The number of nitrogen functional groups attached to an aromatic ring is 1. The molecule has 2 aromatic carbocycles. The number of nitrogens with zero attached hydrogens (tertiary/aromatic N) is 3. The van der Waals surface area contributed by atoms with Gasteiger partial charge in [-0.25, -0.2) is 13.4 Å². The molecule has 2 N–H and O–H groups in total. The van der Waals surface area contributed by atoms with Gasteiger partial charge >= 0.3 is 0 Å². The number of benzene rings is 2. The number of aromatic nitrogens is 3. The van der Waals surface area contributed by atoms with Crippen molar-refractivity contribution in [3.8, 4) is 0 Å². The third-order valence-corrected chi connectivity index (χ3v) is 6.76. The first-order chi connectivity index (χ1) is 12.4. The minimum absolute atomic E-state index is 0.0932. The maximum Gasteiger partial charge on any atom is 0.213 e. The summed E-state index contributed by atoms with van der Waals surface area (Å²) in [5.41, 5.74) is 6.89. The van der Waals surface area contributed by atoms with Gasteiger partial charge in [-0.3, -0.25) is 0 Å². The van der Waals surface area contributed by atoms with Crippen LogP contribution in [0.4, 0.5) is 5.82 Å². The van der Waals surface area contributed by atoms with Gasteiger partial charge in [0.15, 0.2) is 10.5 Å². The largest absolute Gasteiger partial charge is 0.384 e. The highest BCUT2D eigenvalue weighted by atomic mass is 32.2. The molecule has 0 aliphatic heterocycles. The zero-order valence-electron chi connectivity index (χ0n) is 14.2. The molecular formula is C18H16N4O2S2. The number of aryl methyl sites for hydroxylation is 1. The van der Waals surface area contributed by atoms with Crippen LogP contribution < -0.4 is 5.73 Å². The van der Waals surface area contributed by atoms with Crippen molar-refractivity contribution < 1.29 is 8.42 Å². The number of nitrogens with two attached hydrogens (primary N) is 1. The molecule has 8 heteroatoms. The fraction of sp³-hybridized carbons (Fsp3) is 0.111. The molecule has 2 aromatic heterocycles. The van der Waals surface area contributed by atoms with E-state index < -0.39 is 9.84 Å². The minimum Gasteiger partial charge on any atom is -0.384 e. The number of sulfone groups is 1. The number of thioether (sulfide) groups is 1. The van der Waals surface area contributed by atoms with Gasteiger partial charge in [0.05, 0.1) is 4.90 Å². The Morgan fingerprint density at radius 3 is 2.54 bits per heavy atom. The average molecular weight is 384 g/mol. The molecular weight excluding hydrogens is 368 g/mol. The van der Waals surface area contributed by atoms with E-state index in [9.17, 15) is 8.42 Å². The number of hydrogen-bond donors (Lipinski definition) is 1. The molecule has 4 rings (SSSR count). The lowest BCUT2D eigenvalue weighted by Gasteiger charge is -2.07. The third kappa shape index (κ3) is 2.53. The normalized spacial score (nSPS) is 12.1. The Bertz CT molecular complexity index is 1260. The molecule has 0 aliphatic carbocycles. The van der Waals surface area contributed by atoms with Crippen molar-refractivity contribution >= 4 is 43.8 Å². The van der Waals surface area contributed by atoms with Gasteiger partial charge in [0, 0.05) is 11.8 Å². The molecule has 0 amide bonds. The molecule has 0 atom stereocenters. The smallest absolute Gasteiger partial charge is 0.213 e. The molecule has 4 aromatic rings. The van der Waals surface area contributed by atoms with E-state index in [0.717, 1.165) is 10.8 Å². The van der Waals surface area contributed by atoms with Crippen molar-refractivity contribution in [1.82, 2.24) is 14.6 Å². The Kier molecular flexibility index (Phi) is 3.89. The first kappa shape index (κ1) is 16.9. The van der Waals surface area contributed by atoms with Gasteiger partial charge in [0.25, 0.3) is 0 Å². The molecule has 132 valence electrons. The molecule has 0 radical (unpaired) electrons. The highest BCUT2D eigenvalue weighted by molar-refractivity contribution is 7.99. The van der Waals surface area contributed by atoms with Gasteiger partial charge in [0.2, 0.25) is 9.84 Å². The monoisotopic (exact) mass is 384 g/mol. The fourth-order valence-electron chi connectivity index (χ4n) is 2.95. The summed E-state index contributed by atoms with van der Waals surface area (Å²) >= 11 is 1.25. The Morgan fingerprint density at radius 2 is 1.81 bits per heavy atom. The van der Waals surface area contributed by atoms with Crippen molar-refractivity contribution in [3.63, 3.8) is 0 Å². The maximum atomic E-state index is 13.4. The molecule has 0 spiro atoms. The van der Waals surface area contributed by atoms with E-state index in [1.165, 1.54) is 16.3 Å². The maximum absolute atomic E-state index is 13.4. The van der Waals surface area contributed by atoms with E-state index in [1.54, 1.807) is 37.4 Å². The van der Waals surface area contributed by atoms with Gasteiger partial charge < -0.3 is 5.73 Å². The first-order valence-corrected chi connectivity index (χ1v) is 10.6. The van der Waals surface area contributed by atoms with Crippen LogP contribution in [0.15, 0.2) is 63.3 Å². The van der Waals surface area contributed by atoms with Crippen molar-refractivity contribution in [1.29, 1.82) is 0 Å². The quantitative estimate of drug-likeness (QED) is 0.545. The predicted octanol–water partition coefficient (Wildman–Crippen LogP) is 3.33. The second-order valence-corrected chi connectivity index (χ2v) is 8.59. The first-order valence-electron chi connectivity index (χ1n) is 7.85. The summed E-state index contributed by atoms with van der Waals surface area (Å²) in [5.74, 6) is 0.350. The van der Waals surface area contributed by atoms with Gasteiger partial charge in [-0.05, 0) is 36.1 Å². The van der Waals surface area contributed by atoms with E-state index >= 15 is 0 Å². The van der Waals surface area contributed by atoms with E-state index in [0.29, 0.717) is 16.5 Å². The van der Waals surface area contributed by atoms with Crippen LogP contribution in [0.25, 0.3) is 16.4 Å². The van der Waals surface area contributed by atoms with Gasteiger partial charge in [-0.1, -0.05) is 30.3 Å². The summed E-state index contributed by atoms with van der Waals surface area (Å²) in [7, 11) is -3.81. The molecule has 0 unspecified atom stereocenters. The van der Waals surface area contributed by atoms with Gasteiger partial charge in [-0.15, -0.1) is 11.8 Å². The van der Waals surface area contributed by atoms with E-state index in [1.807, 2.05) is 24.3 Å². The number of rotatable bonds is 3. The predicted molar refractivity (Wildman–Crippen MR) is 103 cm³/mol. The van der Waals surface area contributed by atoms with Gasteiger partial charge in [-0.2, -0.15) is 9.61 Å². The van der Waals surface area contributed by atoms with Crippen LogP contribution in [0.1, 0.15) is 5.69 Å². The average Bonchev–Trinajstić information content (AvgIpc) is 3.01. The number of hydrogen-bond acceptors (Lipinski definition) is 6. The highest BCUT2D eigenvalue weighted by Crippen LogP contribution is 2.34. The minimum atomic E-state index is -3.81. The van der Waals surface area contributed by atoms with Crippen molar-refractivity contribution in [2.24, 2.45) is 0 Å². The van der Waals surface area contributed by atoms with E-state index in [-0.39, 0.29) is 15.4 Å². The summed E-state index contributed by atoms with van der Waals surface area (Å²) in [6.07, 6.45) is 1.78. The summed E-state index contributed by atoms with van der Waals surface area (Å²) in [6, 6.07) is 14.4. The standard InChI is InChI=1S/C18H16N4O2S2/c1-11-9-15(19)22-17(20-11)16(18(21-22)25-2)26(23,24)14-8-7-12-5-3-4-6-13(12)10-14/h3-10H,19H2,1-2H3. The molecule has 0 saturated heterocycles. The Hall–Kier alpha value is -2.58. The van der Waals surface area contributed by atoms with Crippen LogP contribution in [0.3, 0.4) is 0 Å². The number of anilines is 1. The summed E-state index contributed by atoms with van der Waals surface area (Å²) in [5, 5.41) is 6.56. The summed E-state index contributed by atoms with van der Waals surface area (Å²) in [4.78, 5) is 4.69. The molecule has 0 aliphatic rings. The topological polar surface area (TPSA) is 90.3 Å². The SMILES string of the molecule is CSc1nn2c(N)cc(C)nc2c1S(=O)(=O)c1ccc2ccccc2c1. The van der Waals surface area contributed by atoms with Crippen LogP contribution in [0, 0.1) is 6.92 Å². The highest BCUT2D eigenvalue weighted by Gasteiger charge is 2.29. The third-order valence-electron chi connectivity index (χ3n) is 4.17. The molecule has 0 saturated carbocycles. The van der Waals surface area contributed by atoms with Crippen LogP contribution in [-0.4, -0.2) is 29.3 Å². The number of fused-ring (bicyclic) bond motifs is 2. The Balaban J connectivity index is 2.03. The Labute approximate surface area is 155 Å². The lowest BCUT2D eigenvalue weighted by Crippen LogP contribution is -2.05. The van der Waals surface area contributed by atoms with Crippen LogP contribution >= 0.6 is 11.8 Å². The Morgan fingerprint density at radius 1 is 1.08 bits per heavy atom. The van der Waals surface area contributed by atoms with Crippen LogP contribution in [0.5, 0.6) is 0 Å². The van der Waals surface area contributed by atoms with Crippen LogP contribution in [-0.2, 0) is 9.84 Å². The second-order valence-electron chi connectivity index (χ2n) is 5.91. The van der Waals surface area contributed by atoms with Crippen molar-refractivity contribution in [2.45, 2.75) is 21.7 Å². The lowest BCUT2D eigenvalue weighted by atomic mass is 10.1. The zero-order valence-corrected chi connectivity index (χ0v) is 15.8. The zero-order chi connectivity index (χ0) is 18.5. The van der Waals surface area contributed by atoms with Crippen LogP contribution in [0.2, 0.25) is 0 Å². The lowest BCUT2D eigenvalue weighted by molar-refractivity contribution is 0.595. The fourth-order valence-corrected chi connectivity index (χ4v) is 5.38. The van der Waals surface area contributed by atoms with Crippen molar-refractivity contribution in [3.05, 3.63) is 54.2 Å².